The Kier molecular flexibility index (Phi) is 7.48. The molecular weight excluding hydrogens is 438 g/mol. The molecule has 1 amide bonds. The van der Waals surface area contributed by atoms with Crippen LogP contribution in [0.15, 0.2) is 66.7 Å². The molecule has 0 bridgehead atoms. The van der Waals surface area contributed by atoms with Crippen molar-refractivity contribution in [2.45, 2.75) is 65.7 Å². The smallest absolute Gasteiger partial charge is 0.228 e. The second-order valence-corrected chi connectivity index (χ2v) is 11.4. The van der Waals surface area contributed by atoms with Crippen molar-refractivity contribution in [1.82, 2.24) is 0 Å². The average molecular weight is 474 g/mol. The first-order chi connectivity index (χ1) is 16.2. The third kappa shape index (κ3) is 6.10. The lowest BCUT2D eigenvalue weighted by atomic mass is 9.68. The van der Waals surface area contributed by atoms with Gasteiger partial charge in [-0.3, -0.25) is 4.79 Å². The van der Waals surface area contributed by atoms with Gasteiger partial charge in [0.2, 0.25) is 5.91 Å². The lowest BCUT2D eigenvalue weighted by molar-refractivity contribution is -0.115. The molecule has 3 aromatic rings. The van der Waals surface area contributed by atoms with Crippen molar-refractivity contribution in [2.24, 2.45) is 11.3 Å². The Morgan fingerprint density at radius 1 is 0.912 bits per heavy atom. The summed E-state index contributed by atoms with van der Waals surface area (Å²) in [6.45, 7) is 9.16. The van der Waals surface area contributed by atoms with E-state index in [2.05, 4.69) is 57.3 Å². The van der Waals surface area contributed by atoms with Crippen molar-refractivity contribution in [3.8, 4) is 11.1 Å². The molecule has 0 radical (unpaired) electrons. The number of carbonyl (C=O) groups is 1. The van der Waals surface area contributed by atoms with E-state index in [0.717, 1.165) is 38.9 Å². The number of aryl methyl sites for hydroxylation is 1. The van der Waals surface area contributed by atoms with Crippen molar-refractivity contribution in [3.63, 3.8) is 0 Å². The number of carbonyl (C=O) groups excluding carboxylic acids is 1. The summed E-state index contributed by atoms with van der Waals surface area (Å²) < 4.78 is 0. The summed E-state index contributed by atoms with van der Waals surface area (Å²) in [6, 6.07) is 22.6. The number of hydrogen-bond donors (Lipinski definition) is 1. The van der Waals surface area contributed by atoms with Crippen LogP contribution in [0.4, 0.5) is 5.69 Å². The third-order valence-electron chi connectivity index (χ3n) is 7.44. The second-order valence-electron chi connectivity index (χ2n) is 10.9. The van der Waals surface area contributed by atoms with E-state index in [9.17, 15) is 4.79 Å². The zero-order valence-electron chi connectivity index (χ0n) is 20.8. The van der Waals surface area contributed by atoms with E-state index in [-0.39, 0.29) is 5.91 Å². The number of anilines is 1. The van der Waals surface area contributed by atoms with Gasteiger partial charge in [0, 0.05) is 10.7 Å². The molecule has 34 heavy (non-hydrogen) atoms. The Morgan fingerprint density at radius 3 is 2.15 bits per heavy atom. The summed E-state index contributed by atoms with van der Waals surface area (Å²) >= 11 is 6.07. The standard InChI is InChI=1S/C31H36ClNO/c1-21-19-27(32)15-18-29(21)25-11-16-28(17-12-25)33-30(34)20-22-5-7-23(8-6-22)24-9-13-26(14-10-24)31(2,3)4/h5-8,11-12,15-19,24,26H,9-10,13-14,20H2,1-4H3,(H,33,34). The van der Waals surface area contributed by atoms with Crippen molar-refractivity contribution in [3.05, 3.63) is 88.4 Å². The second kappa shape index (κ2) is 10.4. The normalized spacial score (nSPS) is 18.5. The predicted molar refractivity (Wildman–Crippen MR) is 145 cm³/mol. The molecule has 2 nitrogen and oxygen atoms in total. The maximum absolute atomic E-state index is 12.6. The molecule has 4 rings (SSSR count). The Labute approximate surface area is 209 Å². The molecule has 0 heterocycles. The largest absolute Gasteiger partial charge is 0.326 e. The van der Waals surface area contributed by atoms with Crippen molar-refractivity contribution in [2.75, 3.05) is 5.32 Å². The molecule has 0 atom stereocenters. The van der Waals surface area contributed by atoms with Gasteiger partial charge in [0.25, 0.3) is 0 Å². The van der Waals surface area contributed by atoms with Gasteiger partial charge in [0.1, 0.15) is 0 Å². The molecule has 178 valence electrons. The first kappa shape index (κ1) is 24.5. The van der Waals surface area contributed by atoms with Crippen LogP contribution in [0.5, 0.6) is 0 Å². The lowest BCUT2D eigenvalue weighted by Gasteiger charge is -2.37. The molecule has 3 aromatic carbocycles. The van der Waals surface area contributed by atoms with Crippen LogP contribution < -0.4 is 5.32 Å². The number of halogens is 1. The van der Waals surface area contributed by atoms with E-state index in [1.54, 1.807) is 0 Å². The molecule has 0 aromatic heterocycles. The predicted octanol–water partition coefficient (Wildman–Crippen LogP) is 8.82. The highest BCUT2D eigenvalue weighted by Crippen LogP contribution is 2.43. The fourth-order valence-electron chi connectivity index (χ4n) is 5.28. The molecule has 1 saturated carbocycles. The van der Waals surface area contributed by atoms with Crippen LogP contribution in [-0.2, 0) is 11.2 Å². The topological polar surface area (TPSA) is 29.1 Å². The van der Waals surface area contributed by atoms with Crippen LogP contribution in [0.1, 0.15) is 69.1 Å². The van der Waals surface area contributed by atoms with E-state index in [4.69, 9.17) is 11.6 Å². The third-order valence-corrected chi connectivity index (χ3v) is 7.67. The quantitative estimate of drug-likeness (QED) is 0.394. The van der Waals surface area contributed by atoms with E-state index in [1.807, 2.05) is 42.5 Å². The lowest BCUT2D eigenvalue weighted by Crippen LogP contribution is -2.25. The Bertz CT molecular complexity index is 1120. The highest BCUT2D eigenvalue weighted by atomic mass is 35.5. The molecule has 1 N–H and O–H groups in total. The van der Waals surface area contributed by atoms with Crippen molar-refractivity contribution < 1.29 is 4.79 Å². The minimum atomic E-state index is 0.00820. The fraction of sp³-hybridized carbons (Fsp3) is 0.387. The highest BCUT2D eigenvalue weighted by Gasteiger charge is 2.30. The average Bonchev–Trinajstić information content (AvgIpc) is 2.80. The van der Waals surface area contributed by atoms with E-state index in [1.165, 1.54) is 31.2 Å². The zero-order valence-corrected chi connectivity index (χ0v) is 21.6. The summed E-state index contributed by atoms with van der Waals surface area (Å²) in [5.41, 5.74) is 7.09. The minimum Gasteiger partial charge on any atom is -0.326 e. The maximum atomic E-state index is 12.6. The van der Waals surface area contributed by atoms with Crippen LogP contribution in [0.25, 0.3) is 11.1 Å². The van der Waals surface area contributed by atoms with Crippen molar-refractivity contribution in [1.29, 1.82) is 0 Å². The van der Waals surface area contributed by atoms with Gasteiger partial charge < -0.3 is 5.32 Å². The molecule has 0 aliphatic heterocycles. The van der Waals surface area contributed by atoms with Gasteiger partial charge in [-0.25, -0.2) is 0 Å². The molecular formula is C31H36ClNO. The Balaban J connectivity index is 1.31. The van der Waals surface area contributed by atoms with Gasteiger partial charge in [-0.2, -0.15) is 0 Å². The first-order valence-corrected chi connectivity index (χ1v) is 12.8. The molecule has 0 saturated heterocycles. The Morgan fingerprint density at radius 2 is 1.56 bits per heavy atom. The molecule has 1 fully saturated rings. The molecule has 1 aliphatic carbocycles. The molecule has 1 aliphatic rings. The minimum absolute atomic E-state index is 0.00820. The highest BCUT2D eigenvalue weighted by molar-refractivity contribution is 6.30. The van der Waals surface area contributed by atoms with E-state index < -0.39 is 0 Å². The SMILES string of the molecule is Cc1cc(Cl)ccc1-c1ccc(NC(=O)Cc2ccc(C3CCC(C(C)(C)C)CC3)cc2)cc1. The summed E-state index contributed by atoms with van der Waals surface area (Å²) in [6.07, 6.45) is 5.55. The van der Waals surface area contributed by atoms with Gasteiger partial charge in [-0.05, 0) is 102 Å². The zero-order chi connectivity index (χ0) is 24.3. The number of rotatable bonds is 5. The van der Waals surface area contributed by atoms with Crippen molar-refractivity contribution >= 4 is 23.2 Å². The van der Waals surface area contributed by atoms with Gasteiger partial charge in [0.15, 0.2) is 0 Å². The number of benzene rings is 3. The van der Waals surface area contributed by atoms with Crippen LogP contribution in [-0.4, -0.2) is 5.91 Å². The van der Waals surface area contributed by atoms with E-state index in [0.29, 0.717) is 17.8 Å². The summed E-state index contributed by atoms with van der Waals surface area (Å²) in [5, 5.41) is 3.77. The van der Waals surface area contributed by atoms with Crippen LogP contribution in [0.3, 0.4) is 0 Å². The molecule has 0 unspecified atom stereocenters. The van der Waals surface area contributed by atoms with Gasteiger partial charge in [-0.15, -0.1) is 0 Å². The van der Waals surface area contributed by atoms with Gasteiger partial charge >= 0.3 is 0 Å². The number of amides is 1. The van der Waals surface area contributed by atoms with Gasteiger partial charge in [0.05, 0.1) is 6.42 Å². The fourth-order valence-corrected chi connectivity index (χ4v) is 5.50. The van der Waals surface area contributed by atoms with E-state index >= 15 is 0 Å². The number of hydrogen-bond acceptors (Lipinski definition) is 1. The Hall–Kier alpha value is -2.58. The maximum Gasteiger partial charge on any atom is 0.228 e. The van der Waals surface area contributed by atoms with Crippen LogP contribution in [0, 0.1) is 18.3 Å². The van der Waals surface area contributed by atoms with Gasteiger partial charge in [-0.1, -0.05) is 74.8 Å². The summed E-state index contributed by atoms with van der Waals surface area (Å²) in [4.78, 5) is 12.6. The van der Waals surface area contributed by atoms with Crippen LogP contribution >= 0.6 is 11.6 Å². The monoisotopic (exact) mass is 473 g/mol. The molecule has 3 heteroatoms. The molecule has 0 spiro atoms. The summed E-state index contributed by atoms with van der Waals surface area (Å²) in [7, 11) is 0. The van der Waals surface area contributed by atoms with Crippen LogP contribution in [0.2, 0.25) is 5.02 Å². The number of nitrogens with one attached hydrogen (secondary N) is 1. The summed E-state index contributed by atoms with van der Waals surface area (Å²) in [5.74, 6) is 1.49. The first-order valence-electron chi connectivity index (χ1n) is 12.4.